The number of benzene rings is 1. The number of nitrogens with zero attached hydrogens (tertiary/aromatic N) is 1. The third kappa shape index (κ3) is 6.86. The molecular weight excluding hydrogens is 418 g/mol. The van der Waals surface area contributed by atoms with Crippen LogP contribution in [0.3, 0.4) is 0 Å². The van der Waals surface area contributed by atoms with E-state index in [2.05, 4.69) is 10.6 Å². The van der Waals surface area contributed by atoms with Gasteiger partial charge in [-0.25, -0.2) is 0 Å². The monoisotopic (exact) mass is 445 g/mol. The molecule has 3 rings (SSSR count). The fraction of sp³-hybridized carbons (Fsp3) is 0.455. The van der Waals surface area contributed by atoms with Gasteiger partial charge in [0.05, 0.1) is 12.5 Å². The third-order valence-corrected chi connectivity index (χ3v) is 5.48. The topological polar surface area (TPSA) is 97.0 Å². The molecule has 2 unspecified atom stereocenters. The molecule has 2 fully saturated rings. The van der Waals surface area contributed by atoms with Gasteiger partial charge in [-0.2, -0.15) is 0 Å². The number of hydrogen-bond acceptors (Lipinski definition) is 6. The first-order valence-electron chi connectivity index (χ1n) is 10.3. The van der Waals surface area contributed by atoms with Crippen LogP contribution in [0.5, 0.6) is 0 Å². The highest BCUT2D eigenvalue weighted by atomic mass is 32.1. The van der Waals surface area contributed by atoms with Crippen molar-refractivity contribution >= 4 is 41.2 Å². The van der Waals surface area contributed by atoms with Crippen LogP contribution in [-0.4, -0.2) is 66.2 Å². The van der Waals surface area contributed by atoms with Crippen molar-refractivity contribution in [2.45, 2.75) is 38.3 Å². The van der Waals surface area contributed by atoms with Gasteiger partial charge in [0, 0.05) is 25.8 Å². The third-order valence-electron chi connectivity index (χ3n) is 5.14. The molecule has 9 heteroatoms. The van der Waals surface area contributed by atoms with Gasteiger partial charge < -0.3 is 19.7 Å². The van der Waals surface area contributed by atoms with Crippen molar-refractivity contribution in [2.75, 3.05) is 26.3 Å². The van der Waals surface area contributed by atoms with E-state index in [0.717, 1.165) is 24.0 Å². The van der Waals surface area contributed by atoms with E-state index >= 15 is 0 Å². The number of nitrogens with one attached hydrogen (secondary N) is 2. The van der Waals surface area contributed by atoms with E-state index < -0.39 is 17.9 Å². The zero-order chi connectivity index (χ0) is 22.2. The van der Waals surface area contributed by atoms with Gasteiger partial charge in [0.1, 0.15) is 12.6 Å². The number of amides is 2. The molecule has 2 N–H and O–H groups in total. The molecule has 166 valence electrons. The van der Waals surface area contributed by atoms with E-state index in [1.807, 2.05) is 31.2 Å². The van der Waals surface area contributed by atoms with E-state index in [0.29, 0.717) is 19.7 Å². The summed E-state index contributed by atoms with van der Waals surface area (Å²) >= 11 is 5.34. The first-order chi connectivity index (χ1) is 14.9. The van der Waals surface area contributed by atoms with Crippen molar-refractivity contribution in [3.8, 4) is 0 Å². The van der Waals surface area contributed by atoms with Crippen LogP contribution in [0.4, 0.5) is 0 Å². The Bertz CT molecular complexity index is 849. The van der Waals surface area contributed by atoms with Crippen LogP contribution in [0, 0.1) is 6.92 Å². The predicted molar refractivity (Wildman–Crippen MR) is 119 cm³/mol. The number of piperazine rings is 1. The Morgan fingerprint density at radius 2 is 2.13 bits per heavy atom. The lowest BCUT2D eigenvalue weighted by Crippen LogP contribution is -2.60. The van der Waals surface area contributed by atoms with Crippen LogP contribution in [-0.2, 0) is 23.9 Å². The number of aryl methyl sites for hydroxylation is 1. The van der Waals surface area contributed by atoms with E-state index in [1.165, 1.54) is 6.08 Å². The van der Waals surface area contributed by atoms with E-state index in [1.54, 1.807) is 11.0 Å². The van der Waals surface area contributed by atoms with Crippen molar-refractivity contribution in [1.29, 1.82) is 0 Å². The molecule has 0 bridgehead atoms. The number of thiocarbonyl (C=S) groups is 1. The summed E-state index contributed by atoms with van der Waals surface area (Å²) < 4.78 is 10.7. The molecule has 0 saturated carbocycles. The second kappa shape index (κ2) is 11.0. The molecule has 2 heterocycles. The number of esters is 1. The van der Waals surface area contributed by atoms with Gasteiger partial charge in [0.2, 0.25) is 11.8 Å². The molecular formula is C22H27N3O5S. The molecule has 2 aliphatic heterocycles. The molecule has 0 radical (unpaired) electrons. The smallest absolute Gasteiger partial charge is 0.308 e. The summed E-state index contributed by atoms with van der Waals surface area (Å²) in [5, 5.41) is 5.44. The van der Waals surface area contributed by atoms with Gasteiger partial charge in [-0.1, -0.05) is 29.8 Å². The summed E-state index contributed by atoms with van der Waals surface area (Å²) in [6.07, 6.45) is 4.63. The predicted octanol–water partition coefficient (Wildman–Crippen LogP) is 1.32. The average molecular weight is 446 g/mol. The first kappa shape index (κ1) is 22.9. The Morgan fingerprint density at radius 1 is 1.35 bits per heavy atom. The molecule has 2 saturated heterocycles. The Kier molecular flexibility index (Phi) is 8.13. The van der Waals surface area contributed by atoms with Gasteiger partial charge in [0.25, 0.3) is 0 Å². The van der Waals surface area contributed by atoms with Gasteiger partial charge in [-0.05, 0) is 43.6 Å². The fourth-order valence-corrected chi connectivity index (χ4v) is 3.73. The van der Waals surface area contributed by atoms with Gasteiger partial charge in [-0.15, -0.1) is 0 Å². The van der Waals surface area contributed by atoms with Gasteiger partial charge in [-0.3, -0.25) is 19.7 Å². The molecule has 2 atom stereocenters. The Labute approximate surface area is 186 Å². The van der Waals surface area contributed by atoms with Crippen LogP contribution < -0.4 is 10.6 Å². The van der Waals surface area contributed by atoms with Crippen LogP contribution in [0.1, 0.15) is 30.4 Å². The van der Waals surface area contributed by atoms with Crippen LogP contribution in [0.2, 0.25) is 0 Å². The molecule has 1 aromatic rings. The Morgan fingerprint density at radius 3 is 2.84 bits per heavy atom. The van der Waals surface area contributed by atoms with E-state index in [-0.39, 0.29) is 30.2 Å². The lowest BCUT2D eigenvalue weighted by atomic mass is 10.1. The SMILES string of the molecule is Cc1ccc(C=CC(=O)NC(=S)N2CCNC(=O)C2CC(=O)OCC2CCCO2)cc1. The van der Waals surface area contributed by atoms with E-state index in [4.69, 9.17) is 21.7 Å². The quantitative estimate of drug-likeness (QED) is 0.387. The summed E-state index contributed by atoms with van der Waals surface area (Å²) in [7, 11) is 0. The number of carbonyl (C=O) groups is 3. The highest BCUT2D eigenvalue weighted by molar-refractivity contribution is 7.80. The number of rotatable bonds is 6. The van der Waals surface area contributed by atoms with Crippen molar-refractivity contribution < 1.29 is 23.9 Å². The van der Waals surface area contributed by atoms with E-state index in [9.17, 15) is 14.4 Å². The Hall–Kier alpha value is -2.78. The summed E-state index contributed by atoms with van der Waals surface area (Å²) in [5.41, 5.74) is 2.02. The second-order valence-corrected chi connectivity index (χ2v) is 7.95. The maximum Gasteiger partial charge on any atom is 0.308 e. The maximum absolute atomic E-state index is 12.4. The molecule has 1 aromatic carbocycles. The summed E-state index contributed by atoms with van der Waals surface area (Å²) in [6.45, 7) is 3.60. The van der Waals surface area contributed by atoms with Crippen molar-refractivity contribution in [1.82, 2.24) is 15.5 Å². The van der Waals surface area contributed by atoms with Crippen molar-refractivity contribution in [2.24, 2.45) is 0 Å². The highest BCUT2D eigenvalue weighted by Crippen LogP contribution is 2.14. The molecule has 8 nitrogen and oxygen atoms in total. The Balaban J connectivity index is 1.54. The normalized spacial score (nSPS) is 21.1. The van der Waals surface area contributed by atoms with Crippen molar-refractivity contribution in [3.63, 3.8) is 0 Å². The minimum atomic E-state index is -0.834. The molecule has 0 spiro atoms. The van der Waals surface area contributed by atoms with Crippen molar-refractivity contribution in [3.05, 3.63) is 41.5 Å². The lowest BCUT2D eigenvalue weighted by Gasteiger charge is -2.36. The zero-order valence-corrected chi connectivity index (χ0v) is 18.3. The summed E-state index contributed by atoms with van der Waals surface area (Å²) in [5.74, 6) is -1.24. The average Bonchev–Trinajstić information content (AvgIpc) is 3.27. The molecule has 31 heavy (non-hydrogen) atoms. The molecule has 2 amide bonds. The molecule has 2 aliphatic rings. The number of hydrogen-bond donors (Lipinski definition) is 2. The maximum atomic E-state index is 12.4. The minimum Gasteiger partial charge on any atom is -0.463 e. The summed E-state index contributed by atoms with van der Waals surface area (Å²) in [4.78, 5) is 38.5. The minimum absolute atomic E-state index is 0.0825. The van der Waals surface area contributed by atoms with Crippen LogP contribution >= 0.6 is 12.2 Å². The molecule has 0 aromatic heterocycles. The standard InChI is InChI=1S/C22H27N3O5S/c1-15-4-6-16(7-5-15)8-9-19(26)24-22(31)25-11-10-23-21(28)18(25)13-20(27)30-14-17-3-2-12-29-17/h4-9,17-18H,2-3,10-14H2,1H3,(H,23,28)(H,24,26,31). The molecule has 0 aliphatic carbocycles. The number of ether oxygens (including phenoxy) is 2. The largest absolute Gasteiger partial charge is 0.463 e. The highest BCUT2D eigenvalue weighted by Gasteiger charge is 2.34. The fourth-order valence-electron chi connectivity index (χ4n) is 3.41. The first-order valence-corrected chi connectivity index (χ1v) is 10.7. The van der Waals surface area contributed by atoms with Crippen LogP contribution in [0.15, 0.2) is 30.3 Å². The van der Waals surface area contributed by atoms with Crippen LogP contribution in [0.25, 0.3) is 6.08 Å². The number of carbonyl (C=O) groups excluding carboxylic acids is 3. The second-order valence-electron chi connectivity index (χ2n) is 7.56. The zero-order valence-electron chi connectivity index (χ0n) is 17.5. The summed E-state index contributed by atoms with van der Waals surface area (Å²) in [6, 6.07) is 6.89. The van der Waals surface area contributed by atoms with Gasteiger partial charge in [0.15, 0.2) is 5.11 Å². The van der Waals surface area contributed by atoms with Gasteiger partial charge >= 0.3 is 5.97 Å². The lowest BCUT2D eigenvalue weighted by molar-refractivity contribution is -0.150.